The summed E-state index contributed by atoms with van der Waals surface area (Å²) in [4.78, 5) is 30.3. The van der Waals surface area contributed by atoms with Crippen LogP contribution in [-0.4, -0.2) is 26.6 Å². The molecule has 0 unspecified atom stereocenters. The SMILES string of the molecule is Cc1ccc(NC(=O)CSc2nc(-c3ccccc3)cc(C(F)(F)F)n2)cc1[N+](=O)[O-]. The molecule has 1 aromatic heterocycles. The lowest BCUT2D eigenvalue weighted by Gasteiger charge is -2.11. The first kappa shape index (κ1) is 22.2. The average molecular weight is 448 g/mol. The van der Waals surface area contributed by atoms with Crippen molar-refractivity contribution in [2.45, 2.75) is 18.3 Å². The second-order valence-electron chi connectivity index (χ2n) is 6.38. The van der Waals surface area contributed by atoms with Gasteiger partial charge in [0.1, 0.15) is 5.69 Å². The fourth-order valence-electron chi connectivity index (χ4n) is 2.60. The summed E-state index contributed by atoms with van der Waals surface area (Å²) in [6.45, 7) is 1.56. The number of aryl methyl sites for hydroxylation is 1. The van der Waals surface area contributed by atoms with Gasteiger partial charge in [0.05, 0.1) is 16.4 Å². The van der Waals surface area contributed by atoms with Gasteiger partial charge < -0.3 is 5.32 Å². The summed E-state index contributed by atoms with van der Waals surface area (Å²) in [5.41, 5.74) is -0.0627. The Hall–Kier alpha value is -3.47. The van der Waals surface area contributed by atoms with E-state index in [-0.39, 0.29) is 28.0 Å². The zero-order valence-electron chi connectivity index (χ0n) is 16.0. The Bertz CT molecular complexity index is 1120. The second-order valence-corrected chi connectivity index (χ2v) is 7.32. The molecule has 0 aliphatic heterocycles. The largest absolute Gasteiger partial charge is 0.433 e. The summed E-state index contributed by atoms with van der Waals surface area (Å²) in [5, 5.41) is 13.3. The highest BCUT2D eigenvalue weighted by molar-refractivity contribution is 7.99. The summed E-state index contributed by atoms with van der Waals surface area (Å²) in [6, 6.07) is 13.4. The molecular formula is C20H15F3N4O3S. The molecule has 3 aromatic rings. The molecule has 0 saturated carbocycles. The van der Waals surface area contributed by atoms with Crippen molar-refractivity contribution in [1.29, 1.82) is 0 Å². The number of carbonyl (C=O) groups is 1. The van der Waals surface area contributed by atoms with Crippen LogP contribution in [0.2, 0.25) is 0 Å². The van der Waals surface area contributed by atoms with Crippen LogP contribution in [0.1, 0.15) is 11.3 Å². The molecule has 31 heavy (non-hydrogen) atoms. The van der Waals surface area contributed by atoms with E-state index in [1.54, 1.807) is 37.3 Å². The van der Waals surface area contributed by atoms with E-state index in [4.69, 9.17) is 0 Å². The number of amides is 1. The first-order chi connectivity index (χ1) is 14.6. The summed E-state index contributed by atoms with van der Waals surface area (Å²) < 4.78 is 39.8. The first-order valence-corrected chi connectivity index (χ1v) is 9.81. The minimum Gasteiger partial charge on any atom is -0.325 e. The minimum absolute atomic E-state index is 0.0833. The zero-order valence-corrected chi connectivity index (χ0v) is 16.8. The van der Waals surface area contributed by atoms with Crippen LogP contribution >= 0.6 is 11.8 Å². The maximum atomic E-state index is 13.3. The predicted octanol–water partition coefficient (Wildman–Crippen LogP) is 5.11. The molecule has 0 saturated heterocycles. The van der Waals surface area contributed by atoms with E-state index >= 15 is 0 Å². The van der Waals surface area contributed by atoms with Crippen molar-refractivity contribution in [2.24, 2.45) is 0 Å². The molecule has 0 aliphatic rings. The molecule has 1 heterocycles. The maximum Gasteiger partial charge on any atom is 0.433 e. The molecule has 1 amide bonds. The zero-order chi connectivity index (χ0) is 22.6. The third-order valence-electron chi connectivity index (χ3n) is 4.09. The number of nitrogens with one attached hydrogen (secondary N) is 1. The fourth-order valence-corrected chi connectivity index (χ4v) is 3.26. The highest BCUT2D eigenvalue weighted by Crippen LogP contribution is 2.32. The number of aromatic nitrogens is 2. The van der Waals surface area contributed by atoms with Crippen molar-refractivity contribution in [3.63, 3.8) is 0 Å². The third kappa shape index (κ3) is 5.79. The maximum absolute atomic E-state index is 13.3. The topological polar surface area (TPSA) is 98.0 Å². The van der Waals surface area contributed by atoms with Crippen molar-refractivity contribution < 1.29 is 22.9 Å². The number of rotatable bonds is 6. The van der Waals surface area contributed by atoms with E-state index in [1.807, 2.05) is 0 Å². The molecule has 2 aromatic carbocycles. The van der Waals surface area contributed by atoms with Crippen LogP contribution in [-0.2, 0) is 11.0 Å². The highest BCUT2D eigenvalue weighted by Gasteiger charge is 2.34. The van der Waals surface area contributed by atoms with Crippen molar-refractivity contribution in [2.75, 3.05) is 11.1 Å². The second kappa shape index (κ2) is 9.13. The molecule has 0 atom stereocenters. The van der Waals surface area contributed by atoms with Gasteiger partial charge in [0.2, 0.25) is 5.91 Å². The Morgan fingerprint density at radius 3 is 2.48 bits per heavy atom. The van der Waals surface area contributed by atoms with Gasteiger partial charge in [0.25, 0.3) is 5.69 Å². The monoisotopic (exact) mass is 448 g/mol. The molecule has 0 fully saturated rings. The van der Waals surface area contributed by atoms with Crippen molar-refractivity contribution >= 4 is 29.0 Å². The number of nitro groups is 1. The molecule has 0 bridgehead atoms. The standard InChI is InChI=1S/C20H15F3N4O3S/c1-12-7-8-14(9-16(12)27(29)30)24-18(28)11-31-19-25-15(13-5-3-2-4-6-13)10-17(26-19)20(21,22)23/h2-10H,11H2,1H3,(H,24,28). The Labute approximate surface area is 178 Å². The number of hydrogen-bond donors (Lipinski definition) is 1. The van der Waals surface area contributed by atoms with Crippen LogP contribution in [0.25, 0.3) is 11.3 Å². The smallest absolute Gasteiger partial charge is 0.325 e. The van der Waals surface area contributed by atoms with Gasteiger partial charge in [-0.1, -0.05) is 48.2 Å². The lowest BCUT2D eigenvalue weighted by atomic mass is 10.1. The lowest BCUT2D eigenvalue weighted by Crippen LogP contribution is -2.15. The van der Waals surface area contributed by atoms with Crippen molar-refractivity contribution in [1.82, 2.24) is 9.97 Å². The van der Waals surface area contributed by atoms with Gasteiger partial charge in [-0.25, -0.2) is 9.97 Å². The van der Waals surface area contributed by atoms with E-state index in [0.29, 0.717) is 11.1 Å². The van der Waals surface area contributed by atoms with Crippen LogP contribution in [0.3, 0.4) is 0 Å². The van der Waals surface area contributed by atoms with E-state index < -0.39 is 22.7 Å². The van der Waals surface area contributed by atoms with E-state index in [0.717, 1.165) is 17.8 Å². The summed E-state index contributed by atoms with van der Waals surface area (Å²) >= 11 is 0.732. The van der Waals surface area contributed by atoms with E-state index in [9.17, 15) is 28.1 Å². The summed E-state index contributed by atoms with van der Waals surface area (Å²) in [7, 11) is 0. The Kier molecular flexibility index (Phi) is 6.54. The summed E-state index contributed by atoms with van der Waals surface area (Å²) in [5.74, 6) is -0.845. The van der Waals surface area contributed by atoms with Crippen LogP contribution < -0.4 is 5.32 Å². The molecule has 11 heteroatoms. The minimum atomic E-state index is -4.68. The van der Waals surface area contributed by atoms with Crippen LogP contribution in [0.4, 0.5) is 24.5 Å². The number of nitrogens with zero attached hydrogens (tertiary/aromatic N) is 3. The van der Waals surface area contributed by atoms with Gasteiger partial charge >= 0.3 is 6.18 Å². The van der Waals surface area contributed by atoms with Crippen molar-refractivity contribution in [3.05, 3.63) is 76.0 Å². The number of nitro benzene ring substituents is 1. The van der Waals surface area contributed by atoms with Gasteiger partial charge in [-0.2, -0.15) is 13.2 Å². The third-order valence-corrected chi connectivity index (χ3v) is 4.93. The predicted molar refractivity (Wildman–Crippen MR) is 110 cm³/mol. The van der Waals surface area contributed by atoms with Gasteiger partial charge in [0, 0.05) is 22.9 Å². The van der Waals surface area contributed by atoms with Crippen molar-refractivity contribution in [3.8, 4) is 11.3 Å². The van der Waals surface area contributed by atoms with E-state index in [1.165, 1.54) is 18.2 Å². The highest BCUT2D eigenvalue weighted by atomic mass is 32.2. The van der Waals surface area contributed by atoms with Crippen LogP contribution in [0.15, 0.2) is 59.8 Å². The molecule has 160 valence electrons. The van der Waals surface area contributed by atoms with Gasteiger partial charge in [-0.05, 0) is 19.1 Å². The van der Waals surface area contributed by atoms with E-state index in [2.05, 4.69) is 15.3 Å². The van der Waals surface area contributed by atoms with Crippen LogP contribution in [0, 0.1) is 17.0 Å². The molecule has 1 N–H and O–H groups in total. The molecule has 0 aliphatic carbocycles. The van der Waals surface area contributed by atoms with Gasteiger partial charge in [-0.3, -0.25) is 14.9 Å². The molecular weight excluding hydrogens is 433 g/mol. The lowest BCUT2D eigenvalue weighted by molar-refractivity contribution is -0.385. The Balaban J connectivity index is 1.77. The van der Waals surface area contributed by atoms with Gasteiger partial charge in [-0.15, -0.1) is 0 Å². The van der Waals surface area contributed by atoms with Crippen LogP contribution in [0.5, 0.6) is 0 Å². The quantitative estimate of drug-likeness (QED) is 0.244. The molecule has 7 nitrogen and oxygen atoms in total. The summed E-state index contributed by atoms with van der Waals surface area (Å²) in [6.07, 6.45) is -4.68. The number of thioether (sulfide) groups is 1. The molecule has 3 rings (SSSR count). The average Bonchev–Trinajstić information content (AvgIpc) is 2.73. The number of anilines is 1. The Morgan fingerprint density at radius 1 is 1.13 bits per heavy atom. The number of alkyl halides is 3. The van der Waals surface area contributed by atoms with Gasteiger partial charge in [0.15, 0.2) is 5.16 Å². The number of carbonyl (C=O) groups excluding carboxylic acids is 1. The Morgan fingerprint density at radius 2 is 1.84 bits per heavy atom. The number of halogens is 3. The molecule has 0 spiro atoms. The molecule has 0 radical (unpaired) electrons. The first-order valence-electron chi connectivity index (χ1n) is 8.83. The number of benzene rings is 2. The number of hydrogen-bond acceptors (Lipinski definition) is 6. The normalized spacial score (nSPS) is 11.2. The fraction of sp³-hybridized carbons (Fsp3) is 0.150.